The summed E-state index contributed by atoms with van der Waals surface area (Å²) < 4.78 is 5.95. The molecule has 2 aromatic carbocycles. The standard InChI is InChI=1S/C33H36ClN5O3S/c1-35-23-15-22-9-10-24(28(34)26(22)16-23)31-29-30(37-43-31)32(41)39(19-36-29)18-33(42)11-13-38(14-12-33)27(40)17-25(21-7-8-21)20-5-3-2-4-6-20/h2-6,9-10,19,21,23,25,35,42H,7-8,11-18H2,1H3. The Bertz CT molecular complexity index is 1730. The van der Waals surface area contributed by atoms with E-state index < -0.39 is 5.60 Å². The van der Waals surface area contributed by atoms with E-state index in [1.807, 2.05) is 36.2 Å². The summed E-state index contributed by atoms with van der Waals surface area (Å²) in [5, 5.41) is 15.5. The summed E-state index contributed by atoms with van der Waals surface area (Å²) in [5.74, 6) is 0.980. The van der Waals surface area contributed by atoms with Gasteiger partial charge in [0.2, 0.25) is 5.91 Å². The molecule has 1 saturated heterocycles. The molecule has 2 aliphatic carbocycles. The number of carbonyl (C=O) groups excluding carboxylic acids is 1. The molecule has 2 unspecified atom stereocenters. The fraction of sp³-hybridized carbons (Fsp3) is 0.455. The van der Waals surface area contributed by atoms with Crippen molar-refractivity contribution in [2.75, 3.05) is 20.1 Å². The van der Waals surface area contributed by atoms with Crippen LogP contribution in [0.25, 0.3) is 21.5 Å². The van der Waals surface area contributed by atoms with Gasteiger partial charge in [0.1, 0.15) is 5.52 Å². The van der Waals surface area contributed by atoms with E-state index in [1.165, 1.54) is 46.4 Å². The molecule has 224 valence electrons. The smallest absolute Gasteiger partial charge is 0.281 e. The van der Waals surface area contributed by atoms with Crippen LogP contribution in [0.5, 0.6) is 0 Å². The molecule has 2 atom stereocenters. The highest BCUT2D eigenvalue weighted by atomic mass is 35.5. The Hall–Kier alpha value is -3.11. The Morgan fingerprint density at radius 3 is 2.63 bits per heavy atom. The molecule has 2 N–H and O–H groups in total. The first kappa shape index (κ1) is 28.6. The van der Waals surface area contributed by atoms with Gasteiger partial charge >= 0.3 is 0 Å². The number of likely N-dealkylation sites (N-methyl/N-ethyl adjacent to an activating group) is 1. The van der Waals surface area contributed by atoms with Crippen LogP contribution in [-0.2, 0) is 24.2 Å². The maximum atomic E-state index is 13.5. The SMILES string of the molecule is CNC1Cc2ccc(-c3snc4c(=O)n(CC5(O)CCN(C(=O)CC(c6ccccc6)C6CC6)CC5)cnc34)c(Cl)c2C1. The Morgan fingerprint density at radius 1 is 1.14 bits per heavy atom. The molecule has 0 radical (unpaired) electrons. The number of likely N-dealkylation sites (tertiary alicyclic amines) is 1. The molecular weight excluding hydrogens is 582 g/mol. The summed E-state index contributed by atoms with van der Waals surface area (Å²) >= 11 is 8.11. The summed E-state index contributed by atoms with van der Waals surface area (Å²) in [6.45, 7) is 1.05. The Kier molecular flexibility index (Phi) is 7.62. The van der Waals surface area contributed by atoms with Crippen LogP contribution in [0.15, 0.2) is 53.6 Å². The van der Waals surface area contributed by atoms with Gasteiger partial charge in [0, 0.05) is 31.1 Å². The van der Waals surface area contributed by atoms with Crippen molar-refractivity contribution in [3.05, 3.63) is 80.9 Å². The zero-order valence-electron chi connectivity index (χ0n) is 24.3. The number of halogens is 1. The van der Waals surface area contributed by atoms with Crippen molar-refractivity contribution in [1.29, 1.82) is 0 Å². The van der Waals surface area contributed by atoms with E-state index in [0.29, 0.717) is 54.9 Å². The number of carbonyl (C=O) groups is 1. The van der Waals surface area contributed by atoms with Crippen LogP contribution in [0, 0.1) is 5.92 Å². The van der Waals surface area contributed by atoms with Gasteiger partial charge in [-0.15, -0.1) is 0 Å². The van der Waals surface area contributed by atoms with Crippen LogP contribution in [0.4, 0.5) is 0 Å². The maximum absolute atomic E-state index is 13.5. The van der Waals surface area contributed by atoms with Crippen molar-refractivity contribution < 1.29 is 9.90 Å². The van der Waals surface area contributed by atoms with Crippen molar-refractivity contribution in [2.24, 2.45) is 5.92 Å². The predicted molar refractivity (Wildman–Crippen MR) is 170 cm³/mol. The van der Waals surface area contributed by atoms with E-state index in [0.717, 1.165) is 28.8 Å². The third-order valence-corrected chi connectivity index (χ3v) is 11.0. The minimum atomic E-state index is -1.10. The molecule has 1 saturated carbocycles. The number of hydrogen-bond donors (Lipinski definition) is 2. The second kappa shape index (κ2) is 11.4. The van der Waals surface area contributed by atoms with E-state index >= 15 is 0 Å². The summed E-state index contributed by atoms with van der Waals surface area (Å²) in [7, 11) is 1.97. The van der Waals surface area contributed by atoms with Crippen LogP contribution >= 0.6 is 23.1 Å². The Balaban J connectivity index is 1.04. The van der Waals surface area contributed by atoms with Crippen LogP contribution in [0.2, 0.25) is 5.02 Å². The molecule has 43 heavy (non-hydrogen) atoms. The number of rotatable bonds is 8. The van der Waals surface area contributed by atoms with Gasteiger partial charge in [-0.25, -0.2) is 4.98 Å². The average Bonchev–Trinajstić information content (AvgIpc) is 3.62. The number of aromatic nitrogens is 3. The molecule has 2 aromatic heterocycles. The quantitative estimate of drug-likeness (QED) is 0.295. The number of hydrogen-bond acceptors (Lipinski definition) is 7. The third-order valence-electron chi connectivity index (χ3n) is 9.69. The molecule has 1 amide bonds. The Morgan fingerprint density at radius 2 is 1.91 bits per heavy atom. The van der Waals surface area contributed by atoms with E-state index in [4.69, 9.17) is 11.6 Å². The topological polar surface area (TPSA) is 100 Å². The summed E-state index contributed by atoms with van der Waals surface area (Å²) in [5.41, 5.74) is 3.92. The molecule has 10 heteroatoms. The highest BCUT2D eigenvalue weighted by molar-refractivity contribution is 7.11. The van der Waals surface area contributed by atoms with Gasteiger partial charge < -0.3 is 15.3 Å². The lowest BCUT2D eigenvalue weighted by molar-refractivity contribution is -0.136. The molecule has 3 heterocycles. The number of aliphatic hydroxyl groups is 1. The number of piperidine rings is 1. The zero-order valence-corrected chi connectivity index (χ0v) is 25.8. The second-order valence-electron chi connectivity index (χ2n) is 12.5. The number of benzene rings is 2. The van der Waals surface area contributed by atoms with Gasteiger partial charge in [0.15, 0.2) is 5.52 Å². The minimum absolute atomic E-state index is 0.114. The number of fused-ring (bicyclic) bond motifs is 2. The van der Waals surface area contributed by atoms with E-state index in [1.54, 1.807) is 0 Å². The molecule has 8 nitrogen and oxygen atoms in total. The van der Waals surface area contributed by atoms with Crippen LogP contribution in [-0.4, -0.2) is 61.6 Å². The lowest BCUT2D eigenvalue weighted by Crippen LogP contribution is -2.49. The lowest BCUT2D eigenvalue weighted by Gasteiger charge is -2.38. The molecule has 4 aromatic rings. The van der Waals surface area contributed by atoms with Gasteiger partial charge in [-0.1, -0.05) is 54.1 Å². The molecular formula is C33H36ClN5O3S. The van der Waals surface area contributed by atoms with Crippen LogP contribution in [0.3, 0.4) is 0 Å². The van der Waals surface area contributed by atoms with Crippen LogP contribution in [0.1, 0.15) is 54.7 Å². The van der Waals surface area contributed by atoms with Gasteiger partial charge in [0.25, 0.3) is 5.56 Å². The molecule has 0 bridgehead atoms. The van der Waals surface area contributed by atoms with Gasteiger partial charge in [0.05, 0.1) is 28.4 Å². The zero-order chi connectivity index (χ0) is 29.7. The summed E-state index contributed by atoms with van der Waals surface area (Å²) in [6, 6.07) is 14.8. The average molecular weight is 618 g/mol. The van der Waals surface area contributed by atoms with Crippen molar-refractivity contribution in [3.63, 3.8) is 0 Å². The molecule has 0 spiro atoms. The number of nitrogens with one attached hydrogen (secondary N) is 1. The van der Waals surface area contributed by atoms with Gasteiger partial charge in [-0.05, 0) is 85.6 Å². The molecule has 7 rings (SSSR count). The first-order chi connectivity index (χ1) is 20.8. The van der Waals surface area contributed by atoms with E-state index in [2.05, 4.69) is 32.9 Å². The van der Waals surface area contributed by atoms with Crippen molar-refractivity contribution in [3.8, 4) is 10.4 Å². The molecule has 3 aliphatic rings. The first-order valence-electron chi connectivity index (χ1n) is 15.2. The molecule has 2 fully saturated rings. The fourth-order valence-corrected chi connectivity index (χ4v) is 8.17. The number of amides is 1. The first-order valence-corrected chi connectivity index (χ1v) is 16.4. The third kappa shape index (κ3) is 5.52. The van der Waals surface area contributed by atoms with Gasteiger partial charge in [-0.2, -0.15) is 4.37 Å². The van der Waals surface area contributed by atoms with Crippen molar-refractivity contribution in [2.45, 2.75) is 69.1 Å². The lowest BCUT2D eigenvalue weighted by atomic mass is 9.88. The highest BCUT2D eigenvalue weighted by Gasteiger charge is 2.38. The monoisotopic (exact) mass is 617 g/mol. The summed E-state index contributed by atoms with van der Waals surface area (Å²) in [4.78, 5) is 34.1. The Labute approximate surface area is 259 Å². The predicted octanol–water partition coefficient (Wildman–Crippen LogP) is 4.80. The number of nitrogens with zero attached hydrogens (tertiary/aromatic N) is 4. The van der Waals surface area contributed by atoms with Crippen molar-refractivity contribution >= 4 is 40.1 Å². The van der Waals surface area contributed by atoms with E-state index in [-0.39, 0.29) is 29.4 Å². The fourth-order valence-electron chi connectivity index (χ4n) is 6.91. The second-order valence-corrected chi connectivity index (χ2v) is 13.7. The van der Waals surface area contributed by atoms with Crippen LogP contribution < -0.4 is 10.9 Å². The highest BCUT2D eigenvalue weighted by Crippen LogP contribution is 2.45. The molecule has 1 aliphatic heterocycles. The van der Waals surface area contributed by atoms with Crippen molar-refractivity contribution in [1.82, 2.24) is 24.1 Å². The normalized spacial score (nSPS) is 20.3. The van der Waals surface area contributed by atoms with Gasteiger partial charge in [-0.3, -0.25) is 14.2 Å². The largest absolute Gasteiger partial charge is 0.388 e. The maximum Gasteiger partial charge on any atom is 0.281 e. The summed E-state index contributed by atoms with van der Waals surface area (Å²) in [6.07, 6.45) is 6.99. The minimum Gasteiger partial charge on any atom is -0.388 e. The van der Waals surface area contributed by atoms with E-state index in [9.17, 15) is 14.7 Å².